The molecule has 2 heterocycles. The standard InChI is InChI=1S/C7H10N4O/c8-6(12)5-4-11-3-1-2-9-7(11)10-5/h4H,1-3H2,(H2,8,12)(H,9,10). The van der Waals surface area contributed by atoms with Crippen LogP contribution in [-0.2, 0) is 6.54 Å². The van der Waals surface area contributed by atoms with Crippen LogP contribution in [0, 0.1) is 0 Å². The third-order valence-corrected chi connectivity index (χ3v) is 1.89. The van der Waals surface area contributed by atoms with Crippen LogP contribution in [0.1, 0.15) is 16.9 Å². The minimum atomic E-state index is -0.473. The molecule has 2 rings (SSSR count). The second-order valence-corrected chi connectivity index (χ2v) is 2.79. The molecule has 1 aromatic rings. The van der Waals surface area contributed by atoms with Crippen molar-refractivity contribution in [2.75, 3.05) is 11.9 Å². The lowest BCUT2D eigenvalue weighted by Gasteiger charge is -2.14. The first-order valence-electron chi connectivity index (χ1n) is 3.88. The van der Waals surface area contributed by atoms with Gasteiger partial charge >= 0.3 is 0 Å². The predicted octanol–water partition coefficient (Wildman–Crippen LogP) is -0.202. The van der Waals surface area contributed by atoms with Crippen molar-refractivity contribution < 1.29 is 4.79 Å². The maximum Gasteiger partial charge on any atom is 0.268 e. The van der Waals surface area contributed by atoms with E-state index in [9.17, 15) is 4.79 Å². The molecule has 12 heavy (non-hydrogen) atoms. The highest BCUT2D eigenvalue weighted by Crippen LogP contribution is 2.13. The van der Waals surface area contributed by atoms with E-state index in [1.165, 1.54) is 0 Å². The molecule has 5 heteroatoms. The van der Waals surface area contributed by atoms with Gasteiger partial charge in [0.25, 0.3) is 5.91 Å². The molecule has 1 amide bonds. The van der Waals surface area contributed by atoms with Gasteiger partial charge in [-0.25, -0.2) is 4.98 Å². The Morgan fingerprint density at radius 2 is 2.58 bits per heavy atom. The number of nitrogens with one attached hydrogen (secondary N) is 1. The number of carbonyl (C=O) groups is 1. The lowest BCUT2D eigenvalue weighted by molar-refractivity contribution is 0.0996. The number of nitrogens with two attached hydrogens (primary N) is 1. The number of hydrogen-bond acceptors (Lipinski definition) is 3. The molecule has 64 valence electrons. The second kappa shape index (κ2) is 2.51. The molecule has 0 atom stereocenters. The molecule has 1 aromatic heterocycles. The number of imidazole rings is 1. The first-order chi connectivity index (χ1) is 5.77. The Kier molecular flexibility index (Phi) is 1.49. The number of hydrogen-bond donors (Lipinski definition) is 2. The maximum atomic E-state index is 10.7. The smallest absolute Gasteiger partial charge is 0.268 e. The van der Waals surface area contributed by atoms with E-state index >= 15 is 0 Å². The van der Waals surface area contributed by atoms with Gasteiger partial charge in [-0.1, -0.05) is 0 Å². The molecule has 0 saturated carbocycles. The van der Waals surface area contributed by atoms with Crippen molar-refractivity contribution in [3.05, 3.63) is 11.9 Å². The Morgan fingerprint density at radius 1 is 1.75 bits per heavy atom. The summed E-state index contributed by atoms with van der Waals surface area (Å²) in [4.78, 5) is 14.8. The molecular weight excluding hydrogens is 156 g/mol. The normalized spacial score (nSPS) is 15.0. The van der Waals surface area contributed by atoms with E-state index < -0.39 is 5.91 Å². The van der Waals surface area contributed by atoms with Gasteiger partial charge in [-0.05, 0) is 6.42 Å². The second-order valence-electron chi connectivity index (χ2n) is 2.79. The Labute approximate surface area is 69.6 Å². The minimum absolute atomic E-state index is 0.333. The molecule has 1 aliphatic rings. The molecule has 0 aromatic carbocycles. The molecule has 0 bridgehead atoms. The lowest BCUT2D eigenvalue weighted by Crippen LogP contribution is -2.16. The van der Waals surface area contributed by atoms with Gasteiger partial charge in [-0.3, -0.25) is 4.79 Å². The fourth-order valence-corrected chi connectivity index (χ4v) is 1.30. The molecule has 0 radical (unpaired) electrons. The van der Waals surface area contributed by atoms with Gasteiger partial charge in [-0.2, -0.15) is 0 Å². The predicted molar refractivity (Wildman–Crippen MR) is 43.9 cm³/mol. The van der Waals surface area contributed by atoms with Gasteiger partial charge in [0.1, 0.15) is 5.69 Å². The number of fused-ring (bicyclic) bond motifs is 1. The van der Waals surface area contributed by atoms with Gasteiger partial charge in [0.05, 0.1) is 0 Å². The van der Waals surface area contributed by atoms with Crippen LogP contribution in [0.15, 0.2) is 6.20 Å². The summed E-state index contributed by atoms with van der Waals surface area (Å²) in [6, 6.07) is 0. The number of aromatic nitrogens is 2. The molecule has 1 aliphatic heterocycles. The molecular formula is C7H10N4O. The average molecular weight is 166 g/mol. The van der Waals surface area contributed by atoms with Crippen molar-refractivity contribution in [2.45, 2.75) is 13.0 Å². The van der Waals surface area contributed by atoms with Crippen molar-refractivity contribution in [1.29, 1.82) is 0 Å². The zero-order valence-electron chi connectivity index (χ0n) is 6.58. The molecule has 0 aliphatic carbocycles. The largest absolute Gasteiger partial charge is 0.364 e. The fraction of sp³-hybridized carbons (Fsp3) is 0.429. The summed E-state index contributed by atoms with van der Waals surface area (Å²) in [5, 5.41) is 3.08. The summed E-state index contributed by atoms with van der Waals surface area (Å²) in [7, 11) is 0. The zero-order chi connectivity index (χ0) is 8.55. The molecule has 0 saturated heterocycles. The molecule has 0 spiro atoms. The van der Waals surface area contributed by atoms with Crippen molar-refractivity contribution in [3.8, 4) is 0 Å². The SMILES string of the molecule is NC(=O)c1cn2c(n1)NCCC2. The van der Waals surface area contributed by atoms with E-state index in [1.54, 1.807) is 6.20 Å². The van der Waals surface area contributed by atoms with E-state index in [0.717, 1.165) is 25.5 Å². The summed E-state index contributed by atoms with van der Waals surface area (Å²) in [5.74, 6) is 0.272. The van der Waals surface area contributed by atoms with Gasteiger partial charge in [0, 0.05) is 19.3 Å². The first kappa shape index (κ1) is 7.15. The quantitative estimate of drug-likeness (QED) is 0.606. The number of anilines is 1. The molecule has 0 unspecified atom stereocenters. The van der Waals surface area contributed by atoms with E-state index in [2.05, 4.69) is 10.3 Å². The summed E-state index contributed by atoms with van der Waals surface area (Å²) in [5.41, 5.74) is 5.42. The van der Waals surface area contributed by atoms with E-state index in [4.69, 9.17) is 5.73 Å². The molecule has 5 nitrogen and oxygen atoms in total. The van der Waals surface area contributed by atoms with Crippen LogP contribution in [-0.4, -0.2) is 22.0 Å². The number of primary amides is 1. The van der Waals surface area contributed by atoms with Crippen LogP contribution in [0.25, 0.3) is 0 Å². The van der Waals surface area contributed by atoms with Crippen LogP contribution in [0.5, 0.6) is 0 Å². The zero-order valence-corrected chi connectivity index (χ0v) is 6.58. The number of amides is 1. The minimum Gasteiger partial charge on any atom is -0.364 e. The third-order valence-electron chi connectivity index (χ3n) is 1.89. The number of aryl methyl sites for hydroxylation is 1. The molecule has 3 N–H and O–H groups in total. The highest BCUT2D eigenvalue weighted by Gasteiger charge is 2.13. The highest BCUT2D eigenvalue weighted by atomic mass is 16.1. The van der Waals surface area contributed by atoms with Crippen molar-refractivity contribution >= 4 is 11.9 Å². The van der Waals surface area contributed by atoms with Crippen LogP contribution < -0.4 is 11.1 Å². The Morgan fingerprint density at radius 3 is 3.25 bits per heavy atom. The van der Waals surface area contributed by atoms with Gasteiger partial charge in [0.15, 0.2) is 0 Å². The monoisotopic (exact) mass is 166 g/mol. The average Bonchev–Trinajstić information content (AvgIpc) is 2.46. The van der Waals surface area contributed by atoms with Gasteiger partial charge in [0.2, 0.25) is 5.95 Å². The van der Waals surface area contributed by atoms with Crippen LogP contribution in [0.3, 0.4) is 0 Å². The van der Waals surface area contributed by atoms with Crippen LogP contribution in [0.2, 0.25) is 0 Å². The Hall–Kier alpha value is -1.52. The Balaban J connectivity index is 2.38. The maximum absolute atomic E-state index is 10.7. The number of carbonyl (C=O) groups excluding carboxylic acids is 1. The lowest BCUT2D eigenvalue weighted by atomic mass is 10.4. The van der Waals surface area contributed by atoms with Crippen molar-refractivity contribution in [3.63, 3.8) is 0 Å². The highest BCUT2D eigenvalue weighted by molar-refractivity contribution is 5.91. The first-order valence-corrected chi connectivity index (χ1v) is 3.88. The van der Waals surface area contributed by atoms with E-state index in [1.807, 2.05) is 4.57 Å². The summed E-state index contributed by atoms with van der Waals surface area (Å²) in [6.45, 7) is 1.82. The topological polar surface area (TPSA) is 72.9 Å². The van der Waals surface area contributed by atoms with Gasteiger partial charge < -0.3 is 15.6 Å². The van der Waals surface area contributed by atoms with Crippen LogP contribution in [0.4, 0.5) is 5.95 Å². The summed E-state index contributed by atoms with van der Waals surface area (Å²) < 4.78 is 1.91. The van der Waals surface area contributed by atoms with Crippen molar-refractivity contribution in [2.24, 2.45) is 5.73 Å². The number of nitrogens with zero attached hydrogens (tertiary/aromatic N) is 2. The van der Waals surface area contributed by atoms with Gasteiger partial charge in [-0.15, -0.1) is 0 Å². The fourth-order valence-electron chi connectivity index (χ4n) is 1.30. The molecule has 0 fully saturated rings. The summed E-state index contributed by atoms with van der Waals surface area (Å²) in [6.07, 6.45) is 2.74. The van der Waals surface area contributed by atoms with Crippen LogP contribution >= 0.6 is 0 Å². The van der Waals surface area contributed by atoms with E-state index in [-0.39, 0.29) is 0 Å². The Bertz CT molecular complexity index is 294. The third kappa shape index (κ3) is 1.03. The van der Waals surface area contributed by atoms with Crippen molar-refractivity contribution in [1.82, 2.24) is 9.55 Å². The number of rotatable bonds is 1. The van der Waals surface area contributed by atoms with E-state index in [0.29, 0.717) is 5.69 Å². The summed E-state index contributed by atoms with van der Waals surface area (Å²) >= 11 is 0.